The van der Waals surface area contributed by atoms with E-state index in [1.54, 1.807) is 0 Å². The van der Waals surface area contributed by atoms with Crippen molar-refractivity contribution in [1.82, 2.24) is 0 Å². The molecule has 0 aliphatic carbocycles. The molecule has 0 aliphatic rings. The molecule has 0 nitrogen and oxygen atoms in total. The van der Waals surface area contributed by atoms with Gasteiger partial charge in [0.2, 0.25) is 0 Å². The molecule has 0 aromatic heterocycles. The zero-order chi connectivity index (χ0) is 35.3. The van der Waals surface area contributed by atoms with Gasteiger partial charge in [0.25, 0.3) is 0 Å². The fourth-order valence-electron chi connectivity index (χ4n) is 9.23. The summed E-state index contributed by atoms with van der Waals surface area (Å²) in [7, 11) is 0. The van der Waals surface area contributed by atoms with Gasteiger partial charge in [-0.05, 0) is 143 Å². The molecule has 0 heterocycles. The SMILES string of the molecule is c1ccc2c(c1)ccc1c2ccc2c3cc(-c4ccc5ccc(-c6ccc7ccc8c(ccc9c%10ccccc%10ccc98)c7c6)cc5c4)ccc3ccc21. The highest BCUT2D eigenvalue weighted by molar-refractivity contribution is 6.24. The van der Waals surface area contributed by atoms with Crippen LogP contribution >= 0.6 is 0 Å². The lowest BCUT2D eigenvalue weighted by molar-refractivity contribution is 1.66. The molecule has 0 aliphatic heterocycles. The Morgan fingerprint density at radius 3 is 0.852 bits per heavy atom. The van der Waals surface area contributed by atoms with E-state index in [0.717, 1.165) is 0 Å². The lowest BCUT2D eigenvalue weighted by Gasteiger charge is -2.12. The van der Waals surface area contributed by atoms with E-state index < -0.39 is 0 Å². The molecule has 0 spiro atoms. The van der Waals surface area contributed by atoms with Gasteiger partial charge in [0.15, 0.2) is 0 Å². The van der Waals surface area contributed by atoms with Crippen LogP contribution in [-0.2, 0) is 0 Å². The fraction of sp³-hybridized carbons (Fsp3) is 0. The molecular formula is C54H32. The van der Waals surface area contributed by atoms with Crippen LogP contribution in [0, 0.1) is 0 Å². The van der Waals surface area contributed by atoms with Crippen LogP contribution in [0.15, 0.2) is 194 Å². The molecule has 12 aromatic rings. The van der Waals surface area contributed by atoms with Gasteiger partial charge in [0, 0.05) is 0 Å². The van der Waals surface area contributed by atoms with Crippen molar-refractivity contribution in [1.29, 1.82) is 0 Å². The summed E-state index contributed by atoms with van der Waals surface area (Å²) in [6.07, 6.45) is 0. The number of fused-ring (bicyclic) bond motifs is 15. The van der Waals surface area contributed by atoms with Crippen LogP contribution in [0.3, 0.4) is 0 Å². The molecule has 0 amide bonds. The smallest absolute Gasteiger partial charge is 0.00987 e. The first-order valence-electron chi connectivity index (χ1n) is 18.8. The first kappa shape index (κ1) is 29.5. The lowest BCUT2D eigenvalue weighted by Crippen LogP contribution is -1.86. The Bertz CT molecular complexity index is 3320. The largest absolute Gasteiger partial charge is 0.0616 e. The minimum Gasteiger partial charge on any atom is -0.0616 e. The Morgan fingerprint density at radius 1 is 0.148 bits per heavy atom. The monoisotopic (exact) mass is 680 g/mol. The van der Waals surface area contributed by atoms with Crippen LogP contribution in [0.4, 0.5) is 0 Å². The van der Waals surface area contributed by atoms with Crippen molar-refractivity contribution in [3.8, 4) is 22.3 Å². The van der Waals surface area contributed by atoms with Gasteiger partial charge in [-0.2, -0.15) is 0 Å². The third-order valence-electron chi connectivity index (χ3n) is 12.0. The molecular weight excluding hydrogens is 649 g/mol. The van der Waals surface area contributed by atoms with Crippen molar-refractivity contribution in [2.45, 2.75) is 0 Å². The first-order valence-corrected chi connectivity index (χ1v) is 18.8. The van der Waals surface area contributed by atoms with E-state index in [2.05, 4.69) is 194 Å². The topological polar surface area (TPSA) is 0 Å². The molecule has 0 saturated carbocycles. The second kappa shape index (κ2) is 11.2. The maximum Gasteiger partial charge on any atom is -0.00987 e. The summed E-state index contributed by atoms with van der Waals surface area (Å²) in [4.78, 5) is 0. The van der Waals surface area contributed by atoms with Gasteiger partial charge in [-0.25, -0.2) is 0 Å². The van der Waals surface area contributed by atoms with Crippen molar-refractivity contribution in [2.75, 3.05) is 0 Å². The number of hydrogen-bond acceptors (Lipinski definition) is 0. The van der Waals surface area contributed by atoms with E-state index in [0.29, 0.717) is 0 Å². The number of rotatable bonds is 2. The standard InChI is InChI=1S/C54H32/c1-3-7-43-34(5-1)17-21-47-45(43)25-27-51-49(47)23-19-36-11-15-40(31-53(36)51)38-13-9-33-10-14-39(30-42(33)29-38)41-16-12-37-20-24-50-48-22-18-35-6-2-4-8-44(35)46(48)26-28-52(50)54(37)32-41/h1-32H. The van der Waals surface area contributed by atoms with Crippen molar-refractivity contribution < 1.29 is 0 Å². The van der Waals surface area contributed by atoms with E-state index in [1.807, 2.05) is 0 Å². The number of hydrogen-bond donors (Lipinski definition) is 0. The molecule has 54 heavy (non-hydrogen) atoms. The third-order valence-corrected chi connectivity index (χ3v) is 12.0. The van der Waals surface area contributed by atoms with E-state index in [1.165, 1.54) is 119 Å². The third kappa shape index (κ3) is 4.38. The molecule has 0 radical (unpaired) electrons. The van der Waals surface area contributed by atoms with Crippen molar-refractivity contribution in [3.63, 3.8) is 0 Å². The molecule has 0 fully saturated rings. The maximum absolute atomic E-state index is 2.39. The van der Waals surface area contributed by atoms with Crippen molar-refractivity contribution in [2.24, 2.45) is 0 Å². The maximum atomic E-state index is 2.39. The van der Waals surface area contributed by atoms with E-state index >= 15 is 0 Å². The average Bonchev–Trinajstić information content (AvgIpc) is 3.24. The summed E-state index contributed by atoms with van der Waals surface area (Å²) in [6.45, 7) is 0. The van der Waals surface area contributed by atoms with Gasteiger partial charge in [-0.3, -0.25) is 0 Å². The molecule has 248 valence electrons. The van der Waals surface area contributed by atoms with Gasteiger partial charge in [-0.15, -0.1) is 0 Å². The van der Waals surface area contributed by atoms with Crippen LogP contribution < -0.4 is 0 Å². The minimum absolute atomic E-state index is 1.23. The quantitative estimate of drug-likeness (QED) is 0.159. The Kier molecular flexibility index (Phi) is 6.15. The normalized spacial score (nSPS) is 12.1. The van der Waals surface area contributed by atoms with Crippen LogP contribution in [0.1, 0.15) is 0 Å². The molecule has 0 heteroatoms. The van der Waals surface area contributed by atoms with E-state index in [9.17, 15) is 0 Å². The highest BCUT2D eigenvalue weighted by Gasteiger charge is 2.12. The molecule has 12 rings (SSSR count). The zero-order valence-corrected chi connectivity index (χ0v) is 29.5. The average molecular weight is 681 g/mol. The summed E-state index contributed by atoms with van der Waals surface area (Å²) < 4.78 is 0. The van der Waals surface area contributed by atoms with Crippen molar-refractivity contribution >= 4 is 97.0 Å². The predicted molar refractivity (Wildman–Crippen MR) is 235 cm³/mol. The van der Waals surface area contributed by atoms with Crippen molar-refractivity contribution in [3.05, 3.63) is 194 Å². The lowest BCUT2D eigenvalue weighted by atomic mass is 9.91. The van der Waals surface area contributed by atoms with Gasteiger partial charge in [0.1, 0.15) is 0 Å². The predicted octanol–water partition coefficient (Wildman–Crippen LogP) is 15.4. The molecule has 12 aromatic carbocycles. The van der Waals surface area contributed by atoms with Gasteiger partial charge >= 0.3 is 0 Å². The van der Waals surface area contributed by atoms with Crippen LogP contribution in [-0.4, -0.2) is 0 Å². The van der Waals surface area contributed by atoms with Gasteiger partial charge in [0.05, 0.1) is 0 Å². The number of benzene rings is 12. The fourth-order valence-corrected chi connectivity index (χ4v) is 9.23. The first-order chi connectivity index (χ1) is 26.7. The zero-order valence-electron chi connectivity index (χ0n) is 29.5. The Balaban J connectivity index is 0.968. The molecule has 0 atom stereocenters. The molecule has 0 bridgehead atoms. The Morgan fingerprint density at radius 2 is 0.426 bits per heavy atom. The summed E-state index contributed by atoms with van der Waals surface area (Å²) in [5.41, 5.74) is 4.93. The van der Waals surface area contributed by atoms with E-state index in [4.69, 9.17) is 0 Å². The second-order valence-corrected chi connectivity index (χ2v) is 14.9. The molecule has 0 unspecified atom stereocenters. The molecule has 0 saturated heterocycles. The molecule has 0 N–H and O–H groups in total. The van der Waals surface area contributed by atoms with E-state index in [-0.39, 0.29) is 0 Å². The summed E-state index contributed by atoms with van der Waals surface area (Å²) in [6, 6.07) is 72.5. The Hall–Kier alpha value is -7.02. The van der Waals surface area contributed by atoms with Crippen LogP contribution in [0.25, 0.3) is 119 Å². The second-order valence-electron chi connectivity index (χ2n) is 14.9. The highest BCUT2D eigenvalue weighted by Crippen LogP contribution is 2.39. The minimum atomic E-state index is 1.23. The Labute approximate surface area is 312 Å². The summed E-state index contributed by atoms with van der Waals surface area (Å²) >= 11 is 0. The van der Waals surface area contributed by atoms with Crippen LogP contribution in [0.2, 0.25) is 0 Å². The van der Waals surface area contributed by atoms with Gasteiger partial charge in [-0.1, -0.05) is 170 Å². The van der Waals surface area contributed by atoms with Gasteiger partial charge < -0.3 is 0 Å². The summed E-state index contributed by atoms with van der Waals surface area (Å²) in [5, 5.41) is 23.2. The van der Waals surface area contributed by atoms with Crippen LogP contribution in [0.5, 0.6) is 0 Å². The summed E-state index contributed by atoms with van der Waals surface area (Å²) in [5.74, 6) is 0. The highest BCUT2D eigenvalue weighted by atomic mass is 14.2.